The van der Waals surface area contributed by atoms with Crippen LogP contribution in [0.5, 0.6) is 0 Å². The lowest BCUT2D eigenvalue weighted by Crippen LogP contribution is -2.45. The van der Waals surface area contributed by atoms with Crippen LogP contribution in [-0.2, 0) is 4.74 Å². The molecule has 2 unspecified atom stereocenters. The summed E-state index contributed by atoms with van der Waals surface area (Å²) in [5, 5.41) is 9.03. The van der Waals surface area contributed by atoms with E-state index in [1.165, 1.54) is 12.1 Å². The third-order valence-corrected chi connectivity index (χ3v) is 2.84. The number of anilines is 1. The molecule has 1 aliphatic rings. The van der Waals surface area contributed by atoms with E-state index in [2.05, 4.69) is 4.90 Å². The van der Waals surface area contributed by atoms with E-state index in [9.17, 15) is 4.39 Å². The summed E-state index contributed by atoms with van der Waals surface area (Å²) in [5.74, 6) is -0.375. The Hall–Kier alpha value is -1.60. The highest BCUT2D eigenvalue weighted by Crippen LogP contribution is 2.24. The van der Waals surface area contributed by atoms with E-state index in [4.69, 9.17) is 10.00 Å². The van der Waals surface area contributed by atoms with E-state index in [1.807, 2.05) is 19.9 Å². The fraction of sp³-hybridized carbons (Fsp3) is 0.462. The van der Waals surface area contributed by atoms with Crippen molar-refractivity contribution in [3.05, 3.63) is 29.6 Å². The summed E-state index contributed by atoms with van der Waals surface area (Å²) >= 11 is 0. The Morgan fingerprint density at radius 2 is 2.00 bits per heavy atom. The molecule has 1 aromatic rings. The number of halogens is 1. The molecular formula is C13H15FN2O. The van der Waals surface area contributed by atoms with Gasteiger partial charge in [0.05, 0.1) is 23.5 Å². The first-order valence-corrected chi connectivity index (χ1v) is 5.70. The van der Waals surface area contributed by atoms with Gasteiger partial charge in [-0.05, 0) is 32.0 Å². The quantitative estimate of drug-likeness (QED) is 0.748. The normalized spacial score (nSPS) is 24.5. The predicted molar refractivity (Wildman–Crippen MR) is 63.3 cm³/mol. The number of ether oxygens (including phenoxy) is 1. The second kappa shape index (κ2) is 4.72. The summed E-state index contributed by atoms with van der Waals surface area (Å²) in [6, 6.07) is 6.37. The van der Waals surface area contributed by atoms with E-state index < -0.39 is 0 Å². The molecule has 0 aliphatic carbocycles. The number of nitriles is 1. The van der Waals surface area contributed by atoms with Gasteiger partial charge in [0, 0.05) is 13.1 Å². The van der Waals surface area contributed by atoms with Crippen LogP contribution in [0, 0.1) is 17.1 Å². The van der Waals surface area contributed by atoms with Gasteiger partial charge < -0.3 is 9.64 Å². The van der Waals surface area contributed by atoms with Gasteiger partial charge in [-0.3, -0.25) is 0 Å². The summed E-state index contributed by atoms with van der Waals surface area (Å²) in [6.07, 6.45) is 0.241. The van der Waals surface area contributed by atoms with Crippen LogP contribution in [0.15, 0.2) is 18.2 Å². The molecule has 4 heteroatoms. The molecular weight excluding hydrogens is 219 g/mol. The molecule has 2 atom stereocenters. The molecule has 0 bridgehead atoms. The summed E-state index contributed by atoms with van der Waals surface area (Å²) in [6.45, 7) is 5.45. The van der Waals surface area contributed by atoms with Gasteiger partial charge >= 0.3 is 0 Å². The van der Waals surface area contributed by atoms with Crippen molar-refractivity contribution < 1.29 is 9.13 Å². The van der Waals surface area contributed by atoms with Crippen molar-refractivity contribution in [1.82, 2.24) is 0 Å². The molecule has 2 rings (SSSR count). The van der Waals surface area contributed by atoms with Gasteiger partial charge in [0.2, 0.25) is 0 Å². The molecule has 1 heterocycles. The third-order valence-electron chi connectivity index (χ3n) is 2.84. The van der Waals surface area contributed by atoms with Gasteiger partial charge in [-0.25, -0.2) is 4.39 Å². The van der Waals surface area contributed by atoms with Crippen molar-refractivity contribution in [3.63, 3.8) is 0 Å². The molecule has 0 N–H and O–H groups in total. The maximum Gasteiger partial charge on any atom is 0.124 e. The standard InChI is InChI=1S/C13H15FN2O/c1-9-7-16(8-10(2)17-9)13-4-3-12(14)5-11(13)6-15/h3-5,9-10H,7-8H2,1-2H3. The third kappa shape index (κ3) is 2.56. The average molecular weight is 234 g/mol. The summed E-state index contributed by atoms with van der Waals surface area (Å²) < 4.78 is 18.7. The van der Waals surface area contributed by atoms with E-state index in [1.54, 1.807) is 6.07 Å². The van der Waals surface area contributed by atoms with Crippen LogP contribution in [0.3, 0.4) is 0 Å². The monoisotopic (exact) mass is 234 g/mol. The summed E-state index contributed by atoms with van der Waals surface area (Å²) in [7, 11) is 0. The van der Waals surface area contributed by atoms with E-state index in [0.29, 0.717) is 5.56 Å². The van der Waals surface area contributed by atoms with Crippen LogP contribution >= 0.6 is 0 Å². The lowest BCUT2D eigenvalue weighted by molar-refractivity contribution is -0.00523. The molecule has 1 aromatic carbocycles. The lowest BCUT2D eigenvalue weighted by Gasteiger charge is -2.37. The van der Waals surface area contributed by atoms with Crippen LogP contribution in [0.25, 0.3) is 0 Å². The first-order valence-electron chi connectivity index (χ1n) is 5.70. The van der Waals surface area contributed by atoms with Gasteiger partial charge in [0.1, 0.15) is 11.9 Å². The van der Waals surface area contributed by atoms with Crippen molar-refractivity contribution >= 4 is 5.69 Å². The first kappa shape index (κ1) is 11.9. The highest BCUT2D eigenvalue weighted by Gasteiger charge is 2.24. The van der Waals surface area contributed by atoms with Gasteiger partial charge in [-0.15, -0.1) is 0 Å². The van der Waals surface area contributed by atoms with E-state index in [0.717, 1.165) is 18.8 Å². The smallest absolute Gasteiger partial charge is 0.124 e. The fourth-order valence-corrected chi connectivity index (χ4v) is 2.25. The largest absolute Gasteiger partial charge is 0.372 e. The lowest BCUT2D eigenvalue weighted by atomic mass is 10.1. The van der Waals surface area contributed by atoms with Crippen molar-refractivity contribution in [3.8, 4) is 6.07 Å². The minimum Gasteiger partial charge on any atom is -0.372 e. The average Bonchev–Trinajstić information content (AvgIpc) is 2.27. The Labute approximate surface area is 100 Å². The Balaban J connectivity index is 2.30. The van der Waals surface area contributed by atoms with Crippen molar-refractivity contribution in [2.75, 3.05) is 18.0 Å². The molecule has 0 aromatic heterocycles. The second-order valence-corrected chi connectivity index (χ2v) is 4.44. The summed E-state index contributed by atoms with van der Waals surface area (Å²) in [5.41, 5.74) is 1.17. The van der Waals surface area contributed by atoms with Crippen LogP contribution in [0.1, 0.15) is 19.4 Å². The Kier molecular flexibility index (Phi) is 3.30. The maximum atomic E-state index is 13.1. The minimum absolute atomic E-state index is 0.121. The number of rotatable bonds is 1. The predicted octanol–water partition coefficient (Wildman–Crippen LogP) is 2.31. The zero-order chi connectivity index (χ0) is 12.4. The van der Waals surface area contributed by atoms with Crippen molar-refractivity contribution in [2.24, 2.45) is 0 Å². The van der Waals surface area contributed by atoms with Gasteiger partial charge in [-0.1, -0.05) is 0 Å². The fourth-order valence-electron chi connectivity index (χ4n) is 2.25. The van der Waals surface area contributed by atoms with Gasteiger partial charge in [-0.2, -0.15) is 5.26 Å². The van der Waals surface area contributed by atoms with Gasteiger partial charge in [0.15, 0.2) is 0 Å². The molecule has 1 aliphatic heterocycles. The summed E-state index contributed by atoms with van der Waals surface area (Å²) in [4.78, 5) is 2.08. The molecule has 0 spiro atoms. The van der Waals surface area contributed by atoms with Crippen molar-refractivity contribution in [1.29, 1.82) is 5.26 Å². The highest BCUT2D eigenvalue weighted by molar-refractivity contribution is 5.59. The molecule has 0 radical (unpaired) electrons. The van der Waals surface area contributed by atoms with Crippen LogP contribution in [0.2, 0.25) is 0 Å². The first-order chi connectivity index (χ1) is 8.10. The van der Waals surface area contributed by atoms with E-state index in [-0.39, 0.29) is 18.0 Å². The Morgan fingerprint density at radius 1 is 1.35 bits per heavy atom. The van der Waals surface area contributed by atoms with Crippen LogP contribution in [0.4, 0.5) is 10.1 Å². The topological polar surface area (TPSA) is 36.3 Å². The maximum absolute atomic E-state index is 13.1. The highest BCUT2D eigenvalue weighted by atomic mass is 19.1. The number of hydrogen-bond acceptors (Lipinski definition) is 3. The number of morpholine rings is 1. The molecule has 0 amide bonds. The minimum atomic E-state index is -0.375. The van der Waals surface area contributed by atoms with Crippen LogP contribution in [-0.4, -0.2) is 25.3 Å². The SMILES string of the molecule is CC1CN(c2ccc(F)cc2C#N)CC(C)O1. The second-order valence-electron chi connectivity index (χ2n) is 4.44. The molecule has 1 fully saturated rings. The Morgan fingerprint density at radius 3 is 2.59 bits per heavy atom. The number of benzene rings is 1. The van der Waals surface area contributed by atoms with E-state index >= 15 is 0 Å². The molecule has 90 valence electrons. The van der Waals surface area contributed by atoms with Crippen molar-refractivity contribution in [2.45, 2.75) is 26.1 Å². The number of hydrogen-bond donors (Lipinski definition) is 0. The zero-order valence-corrected chi connectivity index (χ0v) is 9.98. The van der Waals surface area contributed by atoms with Crippen LogP contribution < -0.4 is 4.90 Å². The van der Waals surface area contributed by atoms with Gasteiger partial charge in [0.25, 0.3) is 0 Å². The molecule has 1 saturated heterocycles. The molecule has 0 saturated carbocycles. The zero-order valence-electron chi connectivity index (χ0n) is 9.98. The Bertz CT molecular complexity index is 445. The molecule has 17 heavy (non-hydrogen) atoms. The molecule has 3 nitrogen and oxygen atoms in total. The number of nitrogens with zero attached hydrogens (tertiary/aromatic N) is 2.